The van der Waals surface area contributed by atoms with Crippen molar-refractivity contribution in [3.63, 3.8) is 0 Å². The van der Waals surface area contributed by atoms with Crippen LogP contribution in [0.2, 0.25) is 0 Å². The second-order valence-corrected chi connectivity index (χ2v) is 4.72. The van der Waals surface area contributed by atoms with Crippen LogP contribution in [0.25, 0.3) is 10.9 Å². The molecule has 3 rings (SSSR count). The van der Waals surface area contributed by atoms with Crippen LogP contribution < -0.4 is 10.1 Å². The maximum atomic E-state index is 5.80. The molecule has 0 spiro atoms. The Morgan fingerprint density at radius 3 is 3.00 bits per heavy atom. The van der Waals surface area contributed by atoms with Crippen LogP contribution in [0.4, 0.5) is 0 Å². The number of aromatic nitrogens is 2. The molecule has 1 aliphatic rings. The summed E-state index contributed by atoms with van der Waals surface area (Å²) in [5, 5.41) is 8.85. The van der Waals surface area contributed by atoms with Crippen LogP contribution in [0.1, 0.15) is 5.69 Å². The zero-order chi connectivity index (χ0) is 11.8. The number of nitrogens with one attached hydrogen (secondary N) is 1. The van der Waals surface area contributed by atoms with E-state index in [-0.39, 0.29) is 0 Å². The molecule has 2 aromatic rings. The maximum Gasteiger partial charge on any atom is 0.121 e. The fourth-order valence-corrected chi connectivity index (χ4v) is 2.19. The van der Waals surface area contributed by atoms with Gasteiger partial charge in [-0.1, -0.05) is 0 Å². The van der Waals surface area contributed by atoms with Crippen molar-refractivity contribution < 1.29 is 4.74 Å². The number of ether oxygens (including phenoxy) is 1. The zero-order valence-electron chi connectivity index (χ0n) is 10.2. The van der Waals surface area contributed by atoms with Crippen molar-refractivity contribution in [2.24, 2.45) is 13.0 Å². The molecule has 1 saturated heterocycles. The molecule has 0 bridgehead atoms. The summed E-state index contributed by atoms with van der Waals surface area (Å²) in [5.41, 5.74) is 2.20. The molecule has 0 radical (unpaired) electrons. The van der Waals surface area contributed by atoms with Crippen LogP contribution in [0.3, 0.4) is 0 Å². The van der Waals surface area contributed by atoms with Crippen LogP contribution >= 0.6 is 0 Å². The summed E-state index contributed by atoms with van der Waals surface area (Å²) in [4.78, 5) is 0. The molecule has 1 aromatic heterocycles. The first-order chi connectivity index (χ1) is 8.24. The highest BCUT2D eigenvalue weighted by molar-refractivity contribution is 5.83. The molecule has 90 valence electrons. The van der Waals surface area contributed by atoms with E-state index in [2.05, 4.69) is 22.5 Å². The lowest BCUT2D eigenvalue weighted by Gasteiger charge is -2.26. The number of nitrogens with zero attached hydrogens (tertiary/aromatic N) is 2. The van der Waals surface area contributed by atoms with Gasteiger partial charge in [-0.2, -0.15) is 5.10 Å². The first kappa shape index (κ1) is 10.6. The Labute approximate surface area is 101 Å². The van der Waals surface area contributed by atoms with Crippen LogP contribution in [-0.2, 0) is 7.05 Å². The second-order valence-electron chi connectivity index (χ2n) is 4.72. The number of fused-ring (bicyclic) bond motifs is 1. The first-order valence-corrected chi connectivity index (χ1v) is 6.01. The summed E-state index contributed by atoms with van der Waals surface area (Å²) >= 11 is 0. The largest absolute Gasteiger partial charge is 0.493 e. The Morgan fingerprint density at radius 2 is 2.29 bits per heavy atom. The summed E-state index contributed by atoms with van der Waals surface area (Å²) in [6.07, 6.45) is 0. The average molecular weight is 231 g/mol. The lowest BCUT2D eigenvalue weighted by Crippen LogP contribution is -2.45. The van der Waals surface area contributed by atoms with Gasteiger partial charge in [-0.3, -0.25) is 4.68 Å². The van der Waals surface area contributed by atoms with Gasteiger partial charge in [0.25, 0.3) is 0 Å². The summed E-state index contributed by atoms with van der Waals surface area (Å²) in [5.74, 6) is 1.60. The Bertz CT molecular complexity index is 543. The average Bonchev–Trinajstić information content (AvgIpc) is 2.53. The van der Waals surface area contributed by atoms with E-state index < -0.39 is 0 Å². The van der Waals surface area contributed by atoms with Crippen LogP contribution in [-0.4, -0.2) is 29.5 Å². The lowest BCUT2D eigenvalue weighted by molar-refractivity contribution is 0.199. The van der Waals surface area contributed by atoms with Gasteiger partial charge in [-0.25, -0.2) is 0 Å². The van der Waals surface area contributed by atoms with Gasteiger partial charge in [0, 0.05) is 37.5 Å². The quantitative estimate of drug-likeness (QED) is 0.869. The van der Waals surface area contributed by atoms with Crippen molar-refractivity contribution in [1.82, 2.24) is 15.1 Å². The fourth-order valence-electron chi connectivity index (χ4n) is 2.19. The van der Waals surface area contributed by atoms with E-state index in [0.717, 1.165) is 36.7 Å². The molecule has 1 N–H and O–H groups in total. The van der Waals surface area contributed by atoms with Gasteiger partial charge >= 0.3 is 0 Å². The minimum atomic E-state index is 0.666. The number of hydrogen-bond acceptors (Lipinski definition) is 3. The van der Waals surface area contributed by atoms with E-state index in [1.807, 2.05) is 24.7 Å². The van der Waals surface area contributed by atoms with Crippen molar-refractivity contribution in [2.75, 3.05) is 19.7 Å². The summed E-state index contributed by atoms with van der Waals surface area (Å²) in [6.45, 7) is 4.98. The van der Waals surface area contributed by atoms with Crippen molar-refractivity contribution in [2.45, 2.75) is 6.92 Å². The van der Waals surface area contributed by atoms with Gasteiger partial charge in [0.1, 0.15) is 5.75 Å². The van der Waals surface area contributed by atoms with E-state index in [9.17, 15) is 0 Å². The summed E-state index contributed by atoms with van der Waals surface area (Å²) < 4.78 is 7.71. The highest BCUT2D eigenvalue weighted by Crippen LogP contribution is 2.23. The topological polar surface area (TPSA) is 39.1 Å². The lowest BCUT2D eigenvalue weighted by atomic mass is 10.1. The molecule has 0 saturated carbocycles. The highest BCUT2D eigenvalue weighted by Gasteiger charge is 2.17. The summed E-state index contributed by atoms with van der Waals surface area (Å²) in [7, 11) is 1.97. The third kappa shape index (κ3) is 1.89. The standard InChI is InChI=1S/C13H17N3O/c1-9-12-4-3-11(5-13(12)16(2)15-9)17-8-10-6-14-7-10/h3-5,10,14H,6-8H2,1-2H3. The molecule has 1 aliphatic heterocycles. The molecule has 4 heteroatoms. The minimum absolute atomic E-state index is 0.666. The molecule has 1 aromatic carbocycles. The smallest absolute Gasteiger partial charge is 0.121 e. The zero-order valence-corrected chi connectivity index (χ0v) is 10.2. The number of aryl methyl sites for hydroxylation is 2. The normalized spacial score (nSPS) is 16.1. The SMILES string of the molecule is Cc1nn(C)c2cc(OCC3CNC3)ccc12. The molecule has 1 fully saturated rings. The van der Waals surface area contributed by atoms with E-state index in [1.54, 1.807) is 0 Å². The predicted molar refractivity (Wildman–Crippen MR) is 67.3 cm³/mol. The molecular weight excluding hydrogens is 214 g/mol. The Kier molecular flexibility index (Phi) is 2.52. The van der Waals surface area contributed by atoms with Gasteiger partial charge < -0.3 is 10.1 Å². The van der Waals surface area contributed by atoms with Gasteiger partial charge in [0.15, 0.2) is 0 Å². The molecular formula is C13H17N3O. The number of benzene rings is 1. The highest BCUT2D eigenvalue weighted by atomic mass is 16.5. The molecule has 4 nitrogen and oxygen atoms in total. The van der Waals surface area contributed by atoms with Gasteiger partial charge in [-0.05, 0) is 19.1 Å². The molecule has 17 heavy (non-hydrogen) atoms. The first-order valence-electron chi connectivity index (χ1n) is 6.01. The van der Waals surface area contributed by atoms with Gasteiger partial charge in [0.2, 0.25) is 0 Å². The van der Waals surface area contributed by atoms with E-state index in [0.29, 0.717) is 5.92 Å². The van der Waals surface area contributed by atoms with Crippen molar-refractivity contribution >= 4 is 10.9 Å². The maximum absolute atomic E-state index is 5.80. The number of hydrogen-bond donors (Lipinski definition) is 1. The molecule has 0 unspecified atom stereocenters. The molecule has 0 amide bonds. The Balaban J connectivity index is 1.82. The summed E-state index contributed by atoms with van der Waals surface area (Å²) in [6, 6.07) is 6.19. The third-order valence-electron chi connectivity index (χ3n) is 3.36. The molecule has 2 heterocycles. The van der Waals surface area contributed by atoms with Crippen LogP contribution in [0.5, 0.6) is 5.75 Å². The molecule has 0 atom stereocenters. The van der Waals surface area contributed by atoms with Gasteiger partial charge in [-0.15, -0.1) is 0 Å². The minimum Gasteiger partial charge on any atom is -0.493 e. The monoisotopic (exact) mass is 231 g/mol. The van der Waals surface area contributed by atoms with Crippen molar-refractivity contribution in [3.05, 3.63) is 23.9 Å². The van der Waals surface area contributed by atoms with Crippen molar-refractivity contribution in [3.8, 4) is 5.75 Å². The molecule has 0 aliphatic carbocycles. The van der Waals surface area contributed by atoms with Crippen molar-refractivity contribution in [1.29, 1.82) is 0 Å². The van der Waals surface area contributed by atoms with Crippen LogP contribution in [0, 0.1) is 12.8 Å². The van der Waals surface area contributed by atoms with E-state index in [4.69, 9.17) is 4.74 Å². The van der Waals surface area contributed by atoms with E-state index in [1.165, 1.54) is 5.39 Å². The van der Waals surface area contributed by atoms with Gasteiger partial charge in [0.05, 0.1) is 17.8 Å². The Morgan fingerprint density at radius 1 is 1.47 bits per heavy atom. The number of rotatable bonds is 3. The Hall–Kier alpha value is -1.55. The predicted octanol–water partition coefficient (Wildman–Crippen LogP) is 1.48. The van der Waals surface area contributed by atoms with E-state index >= 15 is 0 Å². The second kappa shape index (κ2) is 4.04. The van der Waals surface area contributed by atoms with Crippen LogP contribution in [0.15, 0.2) is 18.2 Å². The fraction of sp³-hybridized carbons (Fsp3) is 0.462. The third-order valence-corrected chi connectivity index (χ3v) is 3.36.